The molecule has 1 fully saturated rings. The first-order valence-electron chi connectivity index (χ1n) is 8.95. The molecule has 1 saturated carbocycles. The van der Waals surface area contributed by atoms with E-state index in [1.54, 1.807) is 0 Å². The first kappa shape index (κ1) is 17.5. The third-order valence-electron chi connectivity index (χ3n) is 5.09. The summed E-state index contributed by atoms with van der Waals surface area (Å²) in [5.41, 5.74) is 5.61. The van der Waals surface area contributed by atoms with Crippen molar-refractivity contribution in [2.45, 2.75) is 51.9 Å². The lowest BCUT2D eigenvalue weighted by molar-refractivity contribution is 0.348. The standard InChI is InChI=1S/C21H26.C2H4/c1-3-17-6-10-19(11-7-17)21-14-12-20(13-15-21)18-8-4-16(2)5-9-18;1-2/h6-7,10-16,18H,3-5,8-9H2,1-2H3;1-2H2. The van der Waals surface area contributed by atoms with E-state index in [2.05, 4.69) is 75.5 Å². The van der Waals surface area contributed by atoms with E-state index in [9.17, 15) is 0 Å². The Kier molecular flexibility index (Phi) is 6.65. The Hall–Kier alpha value is -1.82. The minimum absolute atomic E-state index is 0.790. The molecule has 0 radical (unpaired) electrons. The van der Waals surface area contributed by atoms with Gasteiger partial charge < -0.3 is 0 Å². The summed E-state index contributed by atoms with van der Waals surface area (Å²) in [5, 5.41) is 0. The van der Waals surface area contributed by atoms with Crippen molar-refractivity contribution in [1.29, 1.82) is 0 Å². The zero-order valence-electron chi connectivity index (χ0n) is 14.7. The van der Waals surface area contributed by atoms with Crippen LogP contribution in [0.5, 0.6) is 0 Å². The molecule has 0 N–H and O–H groups in total. The Balaban J connectivity index is 0.000000924. The summed E-state index contributed by atoms with van der Waals surface area (Å²) < 4.78 is 0. The topological polar surface area (TPSA) is 0 Å². The molecule has 2 aromatic rings. The second-order valence-electron chi connectivity index (χ2n) is 6.63. The van der Waals surface area contributed by atoms with Crippen LogP contribution in [-0.4, -0.2) is 0 Å². The lowest BCUT2D eigenvalue weighted by Crippen LogP contribution is -2.10. The second kappa shape index (κ2) is 8.72. The van der Waals surface area contributed by atoms with Crippen molar-refractivity contribution in [3.05, 3.63) is 72.8 Å². The first-order chi connectivity index (χ1) is 11.3. The highest BCUT2D eigenvalue weighted by molar-refractivity contribution is 5.64. The summed E-state index contributed by atoms with van der Waals surface area (Å²) in [6, 6.07) is 18.3. The van der Waals surface area contributed by atoms with E-state index in [1.165, 1.54) is 47.9 Å². The Morgan fingerprint density at radius 1 is 0.783 bits per heavy atom. The third-order valence-corrected chi connectivity index (χ3v) is 5.09. The number of rotatable bonds is 3. The SMILES string of the molecule is C=C.CCc1ccc(-c2ccc(C3CCC(C)CC3)cc2)cc1. The molecule has 122 valence electrons. The number of hydrogen-bond donors (Lipinski definition) is 0. The molecule has 0 atom stereocenters. The van der Waals surface area contributed by atoms with Crippen LogP contribution in [0.1, 0.15) is 56.6 Å². The van der Waals surface area contributed by atoms with Gasteiger partial charge in [0.05, 0.1) is 0 Å². The summed E-state index contributed by atoms with van der Waals surface area (Å²) in [5.74, 6) is 1.72. The molecule has 0 nitrogen and oxygen atoms in total. The molecule has 0 heteroatoms. The van der Waals surface area contributed by atoms with E-state index in [1.807, 2.05) is 0 Å². The molecular formula is C23H30. The van der Waals surface area contributed by atoms with Crippen molar-refractivity contribution in [3.63, 3.8) is 0 Å². The lowest BCUT2D eigenvalue weighted by Gasteiger charge is -2.26. The quantitative estimate of drug-likeness (QED) is 0.535. The second-order valence-corrected chi connectivity index (χ2v) is 6.63. The van der Waals surface area contributed by atoms with Gasteiger partial charge in [0.25, 0.3) is 0 Å². The van der Waals surface area contributed by atoms with Crippen LogP contribution in [0, 0.1) is 5.92 Å². The van der Waals surface area contributed by atoms with Crippen LogP contribution in [0.4, 0.5) is 0 Å². The lowest BCUT2D eigenvalue weighted by atomic mass is 9.79. The van der Waals surface area contributed by atoms with Crippen LogP contribution < -0.4 is 0 Å². The van der Waals surface area contributed by atoms with Crippen LogP contribution in [0.15, 0.2) is 61.7 Å². The molecule has 0 amide bonds. The van der Waals surface area contributed by atoms with E-state index in [-0.39, 0.29) is 0 Å². The molecule has 1 aliphatic rings. The van der Waals surface area contributed by atoms with Crippen molar-refractivity contribution in [3.8, 4) is 11.1 Å². The minimum Gasteiger partial charge on any atom is -0.106 e. The Bertz CT molecular complexity index is 568. The summed E-state index contributed by atoms with van der Waals surface area (Å²) in [6.45, 7) is 10.6. The predicted octanol–water partition coefficient (Wildman–Crippen LogP) is 7.01. The highest BCUT2D eigenvalue weighted by Gasteiger charge is 2.19. The molecule has 0 heterocycles. The van der Waals surface area contributed by atoms with Crippen molar-refractivity contribution >= 4 is 0 Å². The smallest absolute Gasteiger partial charge is 0.0162 e. The molecule has 0 aromatic heterocycles. The fourth-order valence-electron chi connectivity index (χ4n) is 3.47. The summed E-state index contributed by atoms with van der Waals surface area (Å²) in [7, 11) is 0. The molecule has 0 bridgehead atoms. The normalized spacial score (nSPS) is 20.4. The van der Waals surface area contributed by atoms with Gasteiger partial charge >= 0.3 is 0 Å². The van der Waals surface area contributed by atoms with E-state index >= 15 is 0 Å². The molecule has 3 rings (SSSR count). The largest absolute Gasteiger partial charge is 0.106 e. The zero-order chi connectivity index (χ0) is 16.7. The van der Waals surface area contributed by atoms with E-state index < -0.39 is 0 Å². The van der Waals surface area contributed by atoms with Crippen molar-refractivity contribution in [1.82, 2.24) is 0 Å². The predicted molar refractivity (Wildman–Crippen MR) is 103 cm³/mol. The fourth-order valence-corrected chi connectivity index (χ4v) is 3.47. The van der Waals surface area contributed by atoms with Crippen LogP contribution in [0.25, 0.3) is 11.1 Å². The molecule has 0 aliphatic heterocycles. The number of benzene rings is 2. The van der Waals surface area contributed by atoms with Crippen LogP contribution in [-0.2, 0) is 6.42 Å². The van der Waals surface area contributed by atoms with Crippen LogP contribution in [0.2, 0.25) is 0 Å². The molecule has 23 heavy (non-hydrogen) atoms. The maximum Gasteiger partial charge on any atom is -0.0162 e. The fraction of sp³-hybridized carbons (Fsp3) is 0.391. The van der Waals surface area contributed by atoms with Gasteiger partial charge in [0, 0.05) is 0 Å². The van der Waals surface area contributed by atoms with Gasteiger partial charge in [-0.05, 0) is 53.4 Å². The van der Waals surface area contributed by atoms with Crippen LogP contribution in [0.3, 0.4) is 0 Å². The molecule has 0 unspecified atom stereocenters. The van der Waals surface area contributed by atoms with Gasteiger partial charge in [0.15, 0.2) is 0 Å². The van der Waals surface area contributed by atoms with E-state index in [0.29, 0.717) is 0 Å². The van der Waals surface area contributed by atoms with Gasteiger partial charge in [0.2, 0.25) is 0 Å². The van der Waals surface area contributed by atoms with Gasteiger partial charge in [-0.2, -0.15) is 0 Å². The average molecular weight is 306 g/mol. The number of hydrogen-bond acceptors (Lipinski definition) is 0. The van der Waals surface area contributed by atoms with Gasteiger partial charge in [-0.3, -0.25) is 0 Å². The summed E-state index contributed by atoms with van der Waals surface area (Å²) in [6.07, 6.45) is 6.63. The monoisotopic (exact) mass is 306 g/mol. The molecule has 1 aliphatic carbocycles. The third kappa shape index (κ3) is 4.58. The van der Waals surface area contributed by atoms with Crippen molar-refractivity contribution in [2.75, 3.05) is 0 Å². The minimum atomic E-state index is 0.790. The summed E-state index contributed by atoms with van der Waals surface area (Å²) in [4.78, 5) is 0. The molecule has 0 spiro atoms. The highest BCUT2D eigenvalue weighted by atomic mass is 14.2. The molecule has 0 saturated heterocycles. The van der Waals surface area contributed by atoms with Gasteiger partial charge in [-0.25, -0.2) is 0 Å². The van der Waals surface area contributed by atoms with Gasteiger partial charge in [-0.1, -0.05) is 75.2 Å². The maximum atomic E-state index is 3.00. The average Bonchev–Trinajstić information content (AvgIpc) is 2.64. The van der Waals surface area contributed by atoms with Crippen molar-refractivity contribution < 1.29 is 0 Å². The van der Waals surface area contributed by atoms with E-state index in [0.717, 1.165) is 18.3 Å². The Labute approximate surface area is 142 Å². The van der Waals surface area contributed by atoms with Crippen LogP contribution >= 0.6 is 0 Å². The first-order valence-corrected chi connectivity index (χ1v) is 8.95. The number of aryl methyl sites for hydroxylation is 1. The molecule has 2 aromatic carbocycles. The maximum absolute atomic E-state index is 3.00. The van der Waals surface area contributed by atoms with E-state index in [4.69, 9.17) is 0 Å². The molecular weight excluding hydrogens is 276 g/mol. The van der Waals surface area contributed by atoms with Gasteiger partial charge in [-0.15, -0.1) is 13.2 Å². The zero-order valence-corrected chi connectivity index (χ0v) is 14.7. The summed E-state index contributed by atoms with van der Waals surface area (Å²) >= 11 is 0. The van der Waals surface area contributed by atoms with Crippen molar-refractivity contribution in [2.24, 2.45) is 5.92 Å². The Morgan fingerprint density at radius 3 is 1.74 bits per heavy atom. The highest BCUT2D eigenvalue weighted by Crippen LogP contribution is 2.36. The van der Waals surface area contributed by atoms with Gasteiger partial charge in [0.1, 0.15) is 0 Å². The Morgan fingerprint density at radius 2 is 1.26 bits per heavy atom.